The van der Waals surface area contributed by atoms with E-state index in [2.05, 4.69) is 15.3 Å². The van der Waals surface area contributed by atoms with Crippen LogP contribution in [-0.4, -0.2) is 50.3 Å². The highest BCUT2D eigenvalue weighted by Crippen LogP contribution is 2.28. The zero-order chi connectivity index (χ0) is 20.5. The topological polar surface area (TPSA) is 109 Å². The molecule has 1 atom stereocenters. The summed E-state index contributed by atoms with van der Waals surface area (Å²) in [5.74, 6) is -2.56. The number of carbonyl (C=O) groups excluding carboxylic acids is 2. The van der Waals surface area contributed by atoms with E-state index in [1.54, 1.807) is 30.3 Å². The number of aromatic nitrogens is 2. The van der Waals surface area contributed by atoms with E-state index < -0.39 is 30.2 Å². The third kappa shape index (κ3) is 5.02. The van der Waals surface area contributed by atoms with E-state index in [1.165, 1.54) is 34.6 Å². The van der Waals surface area contributed by atoms with Crippen LogP contribution in [0.25, 0.3) is 0 Å². The SMILES string of the molecule is COC(=O)C(C(=O)OC)[C@@H](Nc1nccc(C(OC)OC)n1)c1ccccc1. The predicted octanol–water partition coefficient (Wildman–Crippen LogP) is 1.88. The van der Waals surface area contributed by atoms with Gasteiger partial charge in [0.15, 0.2) is 5.92 Å². The van der Waals surface area contributed by atoms with Crippen molar-refractivity contribution in [2.75, 3.05) is 33.8 Å². The smallest absolute Gasteiger partial charge is 0.322 e. The maximum atomic E-state index is 12.3. The molecule has 1 heterocycles. The Balaban J connectivity index is 2.44. The third-order valence-electron chi connectivity index (χ3n) is 4.03. The summed E-state index contributed by atoms with van der Waals surface area (Å²) in [6.45, 7) is 0. The van der Waals surface area contributed by atoms with Crippen molar-refractivity contribution in [3.8, 4) is 0 Å². The van der Waals surface area contributed by atoms with E-state index >= 15 is 0 Å². The van der Waals surface area contributed by atoms with Crippen LogP contribution in [0.2, 0.25) is 0 Å². The number of anilines is 1. The minimum absolute atomic E-state index is 0.184. The number of benzene rings is 1. The standard InChI is InChI=1S/C19H23N3O6/c1-25-16(23)14(17(24)26-2)15(12-8-6-5-7-9-12)22-19-20-11-10-13(21-19)18(27-3)28-4/h5-11,14-15,18H,1-4H3,(H,20,21,22)/t15-/m0/s1. The van der Waals surface area contributed by atoms with Crippen molar-refractivity contribution in [2.45, 2.75) is 12.3 Å². The van der Waals surface area contributed by atoms with Crippen molar-refractivity contribution in [3.63, 3.8) is 0 Å². The fourth-order valence-electron chi connectivity index (χ4n) is 2.69. The van der Waals surface area contributed by atoms with Gasteiger partial charge in [0.1, 0.15) is 5.69 Å². The van der Waals surface area contributed by atoms with Crippen LogP contribution < -0.4 is 5.32 Å². The van der Waals surface area contributed by atoms with Gasteiger partial charge >= 0.3 is 11.9 Å². The first kappa shape index (κ1) is 21.3. The molecule has 0 aliphatic heterocycles. The van der Waals surface area contributed by atoms with Gasteiger partial charge in [-0.15, -0.1) is 0 Å². The Morgan fingerprint density at radius 3 is 2.07 bits per heavy atom. The molecule has 0 amide bonds. The van der Waals surface area contributed by atoms with Crippen molar-refractivity contribution in [1.29, 1.82) is 0 Å². The van der Waals surface area contributed by atoms with Gasteiger partial charge in [-0.3, -0.25) is 9.59 Å². The van der Waals surface area contributed by atoms with Crippen LogP contribution in [0.1, 0.15) is 23.6 Å². The molecule has 0 unspecified atom stereocenters. The molecule has 0 aliphatic rings. The Labute approximate surface area is 163 Å². The van der Waals surface area contributed by atoms with Gasteiger partial charge in [0.2, 0.25) is 12.2 Å². The molecule has 9 heteroatoms. The van der Waals surface area contributed by atoms with E-state index in [0.29, 0.717) is 11.3 Å². The first-order valence-electron chi connectivity index (χ1n) is 8.41. The van der Waals surface area contributed by atoms with Gasteiger partial charge in [-0.2, -0.15) is 0 Å². The summed E-state index contributed by atoms with van der Waals surface area (Å²) in [4.78, 5) is 33.2. The van der Waals surface area contributed by atoms with Crippen molar-refractivity contribution in [2.24, 2.45) is 5.92 Å². The summed E-state index contributed by atoms with van der Waals surface area (Å²) in [6.07, 6.45) is 0.832. The minimum Gasteiger partial charge on any atom is -0.468 e. The Morgan fingerprint density at radius 2 is 1.54 bits per heavy atom. The lowest BCUT2D eigenvalue weighted by atomic mass is 9.93. The molecule has 1 N–H and O–H groups in total. The largest absolute Gasteiger partial charge is 0.468 e. The number of hydrogen-bond donors (Lipinski definition) is 1. The molecule has 0 radical (unpaired) electrons. The Morgan fingerprint density at radius 1 is 0.929 bits per heavy atom. The van der Waals surface area contributed by atoms with Gasteiger partial charge < -0.3 is 24.3 Å². The van der Waals surface area contributed by atoms with Gasteiger partial charge in [0.05, 0.1) is 20.3 Å². The van der Waals surface area contributed by atoms with Crippen LogP contribution in [0, 0.1) is 5.92 Å². The zero-order valence-electron chi connectivity index (χ0n) is 16.1. The van der Waals surface area contributed by atoms with E-state index in [4.69, 9.17) is 18.9 Å². The number of carbonyl (C=O) groups is 2. The van der Waals surface area contributed by atoms with Crippen molar-refractivity contribution < 1.29 is 28.5 Å². The van der Waals surface area contributed by atoms with Crippen LogP contribution in [0.5, 0.6) is 0 Å². The molecule has 2 rings (SSSR count). The summed E-state index contributed by atoms with van der Waals surface area (Å²) in [5.41, 5.74) is 1.13. The van der Waals surface area contributed by atoms with Gasteiger partial charge in [0, 0.05) is 20.4 Å². The molecular weight excluding hydrogens is 366 g/mol. The van der Waals surface area contributed by atoms with Crippen LogP contribution >= 0.6 is 0 Å². The molecule has 150 valence electrons. The number of nitrogens with one attached hydrogen (secondary N) is 1. The Hall–Kier alpha value is -3.04. The fraction of sp³-hybridized carbons (Fsp3) is 0.368. The summed E-state index contributed by atoms with van der Waals surface area (Å²) >= 11 is 0. The average Bonchev–Trinajstić information content (AvgIpc) is 2.74. The third-order valence-corrected chi connectivity index (χ3v) is 4.03. The fourth-order valence-corrected chi connectivity index (χ4v) is 2.69. The van der Waals surface area contributed by atoms with Gasteiger partial charge in [-0.05, 0) is 11.6 Å². The highest BCUT2D eigenvalue weighted by Gasteiger charge is 2.38. The summed E-state index contributed by atoms with van der Waals surface area (Å²) in [7, 11) is 5.39. The van der Waals surface area contributed by atoms with Crippen LogP contribution in [0.15, 0.2) is 42.6 Å². The maximum absolute atomic E-state index is 12.3. The first-order chi connectivity index (χ1) is 13.5. The lowest BCUT2D eigenvalue weighted by Gasteiger charge is -2.25. The molecule has 2 aromatic rings. The van der Waals surface area contributed by atoms with Crippen molar-refractivity contribution in [1.82, 2.24) is 9.97 Å². The summed E-state index contributed by atoms with van der Waals surface area (Å²) < 4.78 is 20.0. The molecular formula is C19H23N3O6. The monoisotopic (exact) mass is 389 g/mol. The molecule has 1 aromatic carbocycles. The van der Waals surface area contributed by atoms with Crippen molar-refractivity contribution >= 4 is 17.9 Å². The maximum Gasteiger partial charge on any atom is 0.322 e. The highest BCUT2D eigenvalue weighted by molar-refractivity contribution is 5.96. The van der Waals surface area contributed by atoms with Crippen LogP contribution in [0.3, 0.4) is 0 Å². The minimum atomic E-state index is -1.26. The number of esters is 2. The molecule has 0 fully saturated rings. The van der Waals surface area contributed by atoms with Gasteiger partial charge in [0.25, 0.3) is 0 Å². The average molecular weight is 389 g/mol. The molecule has 0 saturated carbocycles. The number of methoxy groups -OCH3 is 4. The molecule has 0 bridgehead atoms. The van der Waals surface area contributed by atoms with Gasteiger partial charge in [-0.1, -0.05) is 30.3 Å². The molecule has 0 saturated heterocycles. The highest BCUT2D eigenvalue weighted by atomic mass is 16.7. The number of nitrogens with zero attached hydrogens (tertiary/aromatic N) is 2. The second kappa shape index (κ2) is 10.3. The second-order valence-corrected chi connectivity index (χ2v) is 5.67. The Bertz CT molecular complexity index is 766. The lowest BCUT2D eigenvalue weighted by Crippen LogP contribution is -2.36. The summed E-state index contributed by atoms with van der Waals surface area (Å²) in [5, 5.41) is 3.03. The normalized spacial score (nSPS) is 11.9. The lowest BCUT2D eigenvalue weighted by molar-refractivity contribution is -0.159. The van der Waals surface area contributed by atoms with Gasteiger partial charge in [-0.25, -0.2) is 9.97 Å². The molecule has 1 aromatic heterocycles. The van der Waals surface area contributed by atoms with E-state index in [-0.39, 0.29) is 5.95 Å². The number of rotatable bonds is 9. The van der Waals surface area contributed by atoms with E-state index in [9.17, 15) is 9.59 Å². The molecule has 0 spiro atoms. The van der Waals surface area contributed by atoms with Crippen molar-refractivity contribution in [3.05, 3.63) is 53.9 Å². The first-order valence-corrected chi connectivity index (χ1v) is 8.41. The molecule has 28 heavy (non-hydrogen) atoms. The molecule has 9 nitrogen and oxygen atoms in total. The van der Waals surface area contributed by atoms with E-state index in [1.807, 2.05) is 6.07 Å². The van der Waals surface area contributed by atoms with Crippen LogP contribution in [0.4, 0.5) is 5.95 Å². The predicted molar refractivity (Wildman–Crippen MR) is 99.1 cm³/mol. The molecule has 0 aliphatic carbocycles. The number of ether oxygens (including phenoxy) is 4. The summed E-state index contributed by atoms with van der Waals surface area (Å²) in [6, 6.07) is 9.77. The van der Waals surface area contributed by atoms with Crippen LogP contribution in [-0.2, 0) is 28.5 Å². The quantitative estimate of drug-likeness (QED) is 0.390. The number of hydrogen-bond acceptors (Lipinski definition) is 9. The van der Waals surface area contributed by atoms with E-state index in [0.717, 1.165) is 0 Å². The zero-order valence-corrected chi connectivity index (χ0v) is 16.1. The second-order valence-electron chi connectivity index (χ2n) is 5.67. The Kier molecular flexibility index (Phi) is 7.85.